The van der Waals surface area contributed by atoms with Crippen molar-refractivity contribution in [2.24, 2.45) is 0 Å². The molecular formula is C38H53N11O11. The van der Waals surface area contributed by atoms with Crippen molar-refractivity contribution < 1.29 is 52.7 Å². The Labute approximate surface area is 345 Å². The molecule has 11 amide bonds. The van der Waals surface area contributed by atoms with Gasteiger partial charge in [0, 0.05) is 25.9 Å². The molecule has 1 spiro atoms. The van der Waals surface area contributed by atoms with Crippen LogP contribution in [0.3, 0.4) is 0 Å². The van der Waals surface area contributed by atoms with Crippen molar-refractivity contribution in [3.05, 3.63) is 35.4 Å². The number of rotatable bonds is 2. The monoisotopic (exact) mass is 839 g/mol. The summed E-state index contributed by atoms with van der Waals surface area (Å²) < 4.78 is 0. The van der Waals surface area contributed by atoms with Gasteiger partial charge in [0.1, 0.15) is 17.6 Å². The molecule has 3 fully saturated rings. The smallest absolute Gasteiger partial charge is 0.246 e. The highest BCUT2D eigenvalue weighted by molar-refractivity contribution is 5.98. The minimum absolute atomic E-state index is 0.0219. The van der Waals surface area contributed by atoms with Crippen molar-refractivity contribution in [1.29, 1.82) is 0 Å². The fourth-order valence-corrected chi connectivity index (χ4v) is 6.79. The van der Waals surface area contributed by atoms with E-state index in [-0.39, 0.29) is 25.9 Å². The molecule has 1 aromatic carbocycles. The van der Waals surface area contributed by atoms with E-state index in [1.54, 1.807) is 12.1 Å². The SMILES string of the molecule is Cc1ccc(CC2NC(=O)CNC(=O)CNC(=O)CNC(=O)CNC(=O)CCNC(=O)CNC(=O)C3(CCCC3)NC(=O)C3CCCN3C(=O)CNC(=O)CNC2=O)cc1. The first kappa shape index (κ1) is 46.1. The van der Waals surface area contributed by atoms with Gasteiger partial charge >= 0.3 is 0 Å². The molecule has 0 radical (unpaired) electrons. The average Bonchev–Trinajstić information content (AvgIpc) is 3.92. The summed E-state index contributed by atoms with van der Waals surface area (Å²) in [7, 11) is 0. The van der Waals surface area contributed by atoms with Gasteiger partial charge in [-0.25, -0.2) is 0 Å². The normalized spacial score (nSPS) is 23.2. The lowest BCUT2D eigenvalue weighted by molar-refractivity contribution is -0.141. The number of benzene rings is 1. The first-order valence-corrected chi connectivity index (χ1v) is 19.8. The minimum Gasteiger partial charge on any atom is -0.354 e. The molecule has 2 unspecified atom stereocenters. The largest absolute Gasteiger partial charge is 0.354 e. The Morgan fingerprint density at radius 2 is 1.08 bits per heavy atom. The number of carbonyl (C=O) groups is 11. The second kappa shape index (κ2) is 22.5. The van der Waals surface area contributed by atoms with Crippen molar-refractivity contribution in [1.82, 2.24) is 58.1 Å². The molecule has 1 saturated carbocycles. The van der Waals surface area contributed by atoms with Crippen LogP contribution >= 0.6 is 0 Å². The Kier molecular flexibility index (Phi) is 17.3. The Morgan fingerprint density at radius 3 is 1.70 bits per heavy atom. The van der Waals surface area contributed by atoms with Gasteiger partial charge < -0.3 is 58.1 Å². The van der Waals surface area contributed by atoms with Crippen LogP contribution in [0.4, 0.5) is 0 Å². The van der Waals surface area contributed by atoms with E-state index in [4.69, 9.17) is 0 Å². The van der Waals surface area contributed by atoms with E-state index in [0.717, 1.165) is 5.56 Å². The van der Waals surface area contributed by atoms with E-state index in [2.05, 4.69) is 53.2 Å². The number of nitrogens with zero attached hydrogens (tertiary/aromatic N) is 1. The van der Waals surface area contributed by atoms with E-state index in [9.17, 15) is 52.7 Å². The number of aryl methyl sites for hydroxylation is 1. The van der Waals surface area contributed by atoms with Gasteiger partial charge in [-0.2, -0.15) is 0 Å². The quantitative estimate of drug-likeness (QED) is 0.134. The molecule has 2 aliphatic heterocycles. The van der Waals surface area contributed by atoms with Crippen molar-refractivity contribution >= 4 is 65.0 Å². The number of fused-ring (bicyclic) bond motifs is 1. The third-order valence-electron chi connectivity index (χ3n) is 10.1. The third kappa shape index (κ3) is 14.6. The van der Waals surface area contributed by atoms with Gasteiger partial charge in [0.15, 0.2) is 0 Å². The van der Waals surface area contributed by atoms with Gasteiger partial charge in [-0.15, -0.1) is 0 Å². The molecule has 4 rings (SSSR count). The third-order valence-corrected chi connectivity index (χ3v) is 10.1. The van der Waals surface area contributed by atoms with Crippen LogP contribution in [0, 0.1) is 6.92 Å². The Balaban J connectivity index is 1.42. The number of nitrogens with one attached hydrogen (secondary N) is 10. The topological polar surface area (TPSA) is 311 Å². The van der Waals surface area contributed by atoms with Crippen molar-refractivity contribution in [3.8, 4) is 0 Å². The fraction of sp³-hybridized carbons (Fsp3) is 0.553. The molecule has 1 aromatic rings. The Hall–Kier alpha value is -6.61. The average molecular weight is 840 g/mol. The summed E-state index contributed by atoms with van der Waals surface area (Å²) in [6.07, 6.45) is 2.50. The van der Waals surface area contributed by atoms with E-state index in [1.807, 2.05) is 19.1 Å². The Bertz CT molecular complexity index is 1820. The molecule has 2 atom stereocenters. The van der Waals surface area contributed by atoms with Gasteiger partial charge in [0.25, 0.3) is 0 Å². The molecule has 60 heavy (non-hydrogen) atoms. The molecule has 22 heteroatoms. The van der Waals surface area contributed by atoms with E-state index >= 15 is 0 Å². The summed E-state index contributed by atoms with van der Waals surface area (Å²) in [5.41, 5.74) is 0.326. The zero-order valence-corrected chi connectivity index (χ0v) is 33.4. The molecular weight excluding hydrogens is 786 g/mol. The van der Waals surface area contributed by atoms with E-state index < -0.39 is 128 Å². The standard InChI is InChI=1S/C38H53N11O11/c1-23-6-8-24(9-7-23)15-25-35(58)45-19-32(55)44-22-34(57)49-14-4-5-26(49)36(59)48-38(11-2-3-12-38)37(60)46-20-28(51)39-13-10-27(50)40-16-29(52)41-17-30(53)42-18-31(54)43-21-33(56)47-25/h6-9,25-26H,2-5,10-22H2,1H3,(H,39,51)(H,40,50)(H,41,52)(H,42,53)(H,43,54)(H,44,55)(H,45,58)(H,46,60)(H,47,56)(H,48,59). The van der Waals surface area contributed by atoms with Crippen LogP contribution in [-0.2, 0) is 59.2 Å². The summed E-state index contributed by atoms with van der Waals surface area (Å²) in [6.45, 7) is -1.64. The maximum Gasteiger partial charge on any atom is 0.246 e. The molecule has 0 aromatic heterocycles. The predicted octanol–water partition coefficient (Wildman–Crippen LogP) is -5.22. The van der Waals surface area contributed by atoms with E-state index in [1.165, 1.54) is 4.90 Å². The van der Waals surface area contributed by atoms with Crippen molar-refractivity contribution in [3.63, 3.8) is 0 Å². The first-order chi connectivity index (χ1) is 28.6. The lowest BCUT2D eigenvalue weighted by Gasteiger charge is -2.32. The number of carbonyl (C=O) groups excluding carboxylic acids is 11. The highest BCUT2D eigenvalue weighted by atomic mass is 16.2. The summed E-state index contributed by atoms with van der Waals surface area (Å²) in [5, 5.41) is 24.5. The van der Waals surface area contributed by atoms with Crippen LogP contribution in [0.1, 0.15) is 56.1 Å². The van der Waals surface area contributed by atoms with Gasteiger partial charge in [-0.3, -0.25) is 52.7 Å². The van der Waals surface area contributed by atoms with Gasteiger partial charge in [-0.1, -0.05) is 42.7 Å². The maximum absolute atomic E-state index is 13.6. The first-order valence-electron chi connectivity index (χ1n) is 19.8. The summed E-state index contributed by atoms with van der Waals surface area (Å²) >= 11 is 0. The summed E-state index contributed by atoms with van der Waals surface area (Å²) in [6, 6.07) is 5.05. The molecule has 2 heterocycles. The van der Waals surface area contributed by atoms with Gasteiger partial charge in [0.05, 0.1) is 45.8 Å². The molecule has 10 N–H and O–H groups in total. The maximum atomic E-state index is 13.6. The second-order valence-electron chi connectivity index (χ2n) is 14.7. The summed E-state index contributed by atoms with van der Waals surface area (Å²) in [4.78, 5) is 142. The fourth-order valence-electron chi connectivity index (χ4n) is 6.79. The van der Waals surface area contributed by atoms with Crippen LogP contribution in [0.2, 0.25) is 0 Å². The minimum atomic E-state index is -1.32. The van der Waals surface area contributed by atoms with Crippen LogP contribution in [0.5, 0.6) is 0 Å². The molecule has 1 aliphatic carbocycles. The second-order valence-corrected chi connectivity index (χ2v) is 14.7. The van der Waals surface area contributed by atoms with Crippen LogP contribution in [0.15, 0.2) is 24.3 Å². The van der Waals surface area contributed by atoms with Crippen LogP contribution in [0.25, 0.3) is 0 Å². The highest BCUT2D eigenvalue weighted by Gasteiger charge is 2.45. The molecule has 22 nitrogen and oxygen atoms in total. The molecule has 326 valence electrons. The number of hydrogen-bond donors (Lipinski definition) is 10. The predicted molar refractivity (Wildman–Crippen MR) is 210 cm³/mol. The van der Waals surface area contributed by atoms with Crippen LogP contribution in [-0.4, -0.2) is 146 Å². The van der Waals surface area contributed by atoms with Crippen molar-refractivity contribution in [2.45, 2.75) is 75.9 Å². The Morgan fingerprint density at radius 1 is 0.567 bits per heavy atom. The number of hydrogen-bond acceptors (Lipinski definition) is 11. The van der Waals surface area contributed by atoms with Gasteiger partial charge in [-0.05, 0) is 38.2 Å². The molecule has 3 aliphatic rings. The molecule has 2 saturated heterocycles. The van der Waals surface area contributed by atoms with Crippen LogP contribution < -0.4 is 53.2 Å². The highest BCUT2D eigenvalue weighted by Crippen LogP contribution is 2.31. The summed E-state index contributed by atoms with van der Waals surface area (Å²) in [5.74, 6) is -7.31. The van der Waals surface area contributed by atoms with E-state index in [0.29, 0.717) is 44.1 Å². The lowest BCUT2D eigenvalue weighted by Crippen LogP contribution is -2.61. The van der Waals surface area contributed by atoms with Crippen molar-refractivity contribution in [2.75, 3.05) is 58.9 Å². The molecule has 0 bridgehead atoms. The zero-order valence-electron chi connectivity index (χ0n) is 33.4. The number of amides is 11. The van der Waals surface area contributed by atoms with Gasteiger partial charge in [0.2, 0.25) is 65.0 Å². The lowest BCUT2D eigenvalue weighted by atomic mass is 9.95. The zero-order chi connectivity index (χ0) is 43.7.